The summed E-state index contributed by atoms with van der Waals surface area (Å²) < 4.78 is 1.92. The van der Waals surface area contributed by atoms with Crippen molar-refractivity contribution in [2.45, 2.75) is 13.0 Å². The van der Waals surface area contributed by atoms with Gasteiger partial charge in [0.05, 0.1) is 4.34 Å². The first kappa shape index (κ1) is 12.0. The van der Waals surface area contributed by atoms with Crippen molar-refractivity contribution in [1.29, 1.82) is 0 Å². The van der Waals surface area contributed by atoms with Gasteiger partial charge in [-0.1, -0.05) is 27.5 Å². The maximum Gasteiger partial charge on any atom is 0.0931 e. The molecule has 0 bridgehead atoms. The Kier molecular flexibility index (Phi) is 3.90. The summed E-state index contributed by atoms with van der Waals surface area (Å²) in [6.07, 6.45) is 0. The minimum absolute atomic E-state index is 0.268. The Morgan fingerprint density at radius 2 is 2.00 bits per heavy atom. The Morgan fingerprint density at radius 3 is 2.56 bits per heavy atom. The highest BCUT2D eigenvalue weighted by Gasteiger charge is 2.07. The molecule has 84 valence electrons. The van der Waals surface area contributed by atoms with Crippen molar-refractivity contribution in [3.05, 3.63) is 50.1 Å². The van der Waals surface area contributed by atoms with E-state index in [1.165, 1.54) is 5.56 Å². The van der Waals surface area contributed by atoms with E-state index < -0.39 is 0 Å². The van der Waals surface area contributed by atoms with Gasteiger partial charge in [-0.3, -0.25) is 0 Å². The molecular formula is C12H11BrClNS. The van der Waals surface area contributed by atoms with Gasteiger partial charge >= 0.3 is 0 Å². The van der Waals surface area contributed by atoms with E-state index in [0.717, 1.165) is 14.5 Å². The summed E-state index contributed by atoms with van der Waals surface area (Å²) in [6.45, 7) is 2.13. The molecule has 0 fully saturated rings. The first-order valence-electron chi connectivity index (χ1n) is 4.91. The quantitative estimate of drug-likeness (QED) is 0.806. The molecule has 0 saturated heterocycles. The zero-order valence-electron chi connectivity index (χ0n) is 8.71. The lowest BCUT2D eigenvalue weighted by Crippen LogP contribution is -2.04. The monoisotopic (exact) mass is 315 g/mol. The second-order valence-electron chi connectivity index (χ2n) is 3.56. The number of hydrogen-bond acceptors (Lipinski definition) is 2. The number of hydrogen-bond donors (Lipinski definition) is 1. The Hall–Kier alpha value is -0.510. The zero-order chi connectivity index (χ0) is 11.5. The molecule has 0 aliphatic rings. The zero-order valence-corrected chi connectivity index (χ0v) is 11.9. The molecule has 0 aliphatic carbocycles. The highest BCUT2D eigenvalue weighted by molar-refractivity contribution is 9.10. The normalized spacial score (nSPS) is 12.4. The van der Waals surface area contributed by atoms with Gasteiger partial charge in [-0.2, -0.15) is 0 Å². The Labute approximate surface area is 113 Å². The van der Waals surface area contributed by atoms with E-state index in [2.05, 4.69) is 45.7 Å². The van der Waals surface area contributed by atoms with Crippen LogP contribution in [-0.4, -0.2) is 0 Å². The van der Waals surface area contributed by atoms with Crippen LogP contribution in [0.2, 0.25) is 4.34 Å². The Balaban J connectivity index is 2.07. The molecule has 0 amide bonds. The number of thiophene rings is 1. The van der Waals surface area contributed by atoms with Gasteiger partial charge in [-0.05, 0) is 48.2 Å². The van der Waals surface area contributed by atoms with Gasteiger partial charge in [0.25, 0.3) is 0 Å². The van der Waals surface area contributed by atoms with Crippen LogP contribution in [-0.2, 0) is 0 Å². The fourth-order valence-corrected chi connectivity index (χ4v) is 2.68. The molecule has 1 aromatic carbocycles. The Morgan fingerprint density at radius 1 is 1.31 bits per heavy atom. The van der Waals surface area contributed by atoms with Crippen molar-refractivity contribution < 1.29 is 0 Å². The van der Waals surface area contributed by atoms with Crippen LogP contribution < -0.4 is 5.32 Å². The summed E-state index contributed by atoms with van der Waals surface area (Å²) in [6, 6.07) is 10.4. The number of anilines is 1. The minimum atomic E-state index is 0.268. The van der Waals surface area contributed by atoms with Gasteiger partial charge < -0.3 is 5.32 Å². The van der Waals surface area contributed by atoms with Crippen LogP contribution in [0.5, 0.6) is 0 Å². The van der Waals surface area contributed by atoms with E-state index in [0.29, 0.717) is 0 Å². The van der Waals surface area contributed by atoms with E-state index in [-0.39, 0.29) is 6.04 Å². The highest BCUT2D eigenvalue weighted by atomic mass is 79.9. The summed E-state index contributed by atoms with van der Waals surface area (Å²) in [5.41, 5.74) is 2.33. The predicted octanol–water partition coefficient (Wildman–Crippen LogP) is 5.34. The Bertz CT molecular complexity index is 466. The minimum Gasteiger partial charge on any atom is -0.378 e. The molecule has 1 aromatic heterocycles. The summed E-state index contributed by atoms with van der Waals surface area (Å²) in [7, 11) is 0. The lowest BCUT2D eigenvalue weighted by molar-refractivity contribution is 0.890. The first-order chi connectivity index (χ1) is 7.65. The van der Waals surface area contributed by atoms with Crippen molar-refractivity contribution in [3.8, 4) is 0 Å². The third kappa shape index (κ3) is 3.00. The third-order valence-corrected chi connectivity index (χ3v) is 3.95. The lowest BCUT2D eigenvalue weighted by atomic mass is 10.2. The maximum atomic E-state index is 5.91. The van der Waals surface area contributed by atoms with E-state index in [1.54, 1.807) is 11.3 Å². The van der Waals surface area contributed by atoms with Gasteiger partial charge in [0, 0.05) is 16.2 Å². The van der Waals surface area contributed by atoms with Crippen LogP contribution in [0.15, 0.2) is 40.2 Å². The van der Waals surface area contributed by atoms with Crippen molar-refractivity contribution in [3.63, 3.8) is 0 Å². The van der Waals surface area contributed by atoms with Crippen molar-refractivity contribution in [2.75, 3.05) is 5.32 Å². The number of benzene rings is 1. The second kappa shape index (κ2) is 5.21. The number of rotatable bonds is 3. The highest BCUT2D eigenvalue weighted by Crippen LogP contribution is 2.27. The number of nitrogens with one attached hydrogen (secondary N) is 1. The molecule has 1 N–H and O–H groups in total. The van der Waals surface area contributed by atoms with Crippen molar-refractivity contribution in [1.82, 2.24) is 0 Å². The maximum absolute atomic E-state index is 5.91. The van der Waals surface area contributed by atoms with E-state index in [9.17, 15) is 0 Å². The average Bonchev–Trinajstić information content (AvgIpc) is 2.68. The van der Waals surface area contributed by atoms with Crippen LogP contribution in [0.3, 0.4) is 0 Å². The van der Waals surface area contributed by atoms with Gasteiger partial charge in [0.2, 0.25) is 0 Å². The molecule has 1 nitrogen and oxygen atoms in total. The fraction of sp³-hybridized carbons (Fsp3) is 0.167. The molecule has 2 aromatic rings. The largest absolute Gasteiger partial charge is 0.378 e. The molecule has 4 heteroatoms. The summed E-state index contributed by atoms with van der Waals surface area (Å²) >= 11 is 10.9. The standard InChI is InChI=1S/C12H11BrClNS/c1-8(9-6-12(14)16-7-9)15-11-4-2-10(13)3-5-11/h2-8,15H,1H3. The van der Waals surface area contributed by atoms with Crippen LogP contribution in [0.4, 0.5) is 5.69 Å². The lowest BCUT2D eigenvalue weighted by Gasteiger charge is -2.13. The SMILES string of the molecule is CC(Nc1ccc(Br)cc1)c1csc(Cl)c1. The summed E-state index contributed by atoms with van der Waals surface area (Å²) in [5.74, 6) is 0. The number of halogens is 2. The fourth-order valence-electron chi connectivity index (χ4n) is 1.43. The second-order valence-corrected chi connectivity index (χ2v) is 6.02. The molecule has 1 heterocycles. The molecule has 1 atom stereocenters. The molecule has 16 heavy (non-hydrogen) atoms. The summed E-state index contributed by atoms with van der Waals surface area (Å²) in [5, 5.41) is 5.51. The molecule has 0 saturated carbocycles. The van der Waals surface area contributed by atoms with Gasteiger partial charge in [0.1, 0.15) is 0 Å². The van der Waals surface area contributed by atoms with Crippen LogP contribution in [0.1, 0.15) is 18.5 Å². The molecule has 0 spiro atoms. The molecular weight excluding hydrogens is 306 g/mol. The summed E-state index contributed by atoms with van der Waals surface area (Å²) in [4.78, 5) is 0. The smallest absolute Gasteiger partial charge is 0.0931 e. The molecule has 2 rings (SSSR count). The van der Waals surface area contributed by atoms with Gasteiger partial charge in [-0.15, -0.1) is 11.3 Å². The van der Waals surface area contributed by atoms with Gasteiger partial charge in [-0.25, -0.2) is 0 Å². The van der Waals surface area contributed by atoms with Crippen molar-refractivity contribution in [2.24, 2.45) is 0 Å². The van der Waals surface area contributed by atoms with Gasteiger partial charge in [0.15, 0.2) is 0 Å². The molecule has 1 unspecified atom stereocenters. The van der Waals surface area contributed by atoms with Crippen molar-refractivity contribution >= 4 is 44.6 Å². The van der Waals surface area contributed by atoms with Crippen LogP contribution in [0.25, 0.3) is 0 Å². The molecule has 0 aliphatic heterocycles. The van der Waals surface area contributed by atoms with E-state index in [4.69, 9.17) is 11.6 Å². The topological polar surface area (TPSA) is 12.0 Å². The van der Waals surface area contributed by atoms with Crippen LogP contribution in [0, 0.1) is 0 Å². The average molecular weight is 317 g/mol. The predicted molar refractivity (Wildman–Crippen MR) is 75.5 cm³/mol. The molecule has 0 radical (unpaired) electrons. The van der Waals surface area contributed by atoms with E-state index >= 15 is 0 Å². The third-order valence-electron chi connectivity index (χ3n) is 2.32. The van der Waals surface area contributed by atoms with Crippen LogP contribution >= 0.6 is 38.9 Å². The first-order valence-corrected chi connectivity index (χ1v) is 6.96. The van der Waals surface area contributed by atoms with E-state index in [1.807, 2.05) is 18.2 Å².